The molecule has 0 atom stereocenters. The second kappa shape index (κ2) is 9.79. The molecular weight excluding hydrogens is 426 g/mol. The van der Waals surface area contributed by atoms with Gasteiger partial charge in [-0.15, -0.1) is 0 Å². The number of morpholine rings is 1. The molecule has 174 valence electrons. The molecule has 0 spiro atoms. The predicted molar refractivity (Wildman–Crippen MR) is 134 cm³/mol. The summed E-state index contributed by atoms with van der Waals surface area (Å²) in [7, 11) is 0. The summed E-state index contributed by atoms with van der Waals surface area (Å²) in [5.41, 5.74) is 12.2. The van der Waals surface area contributed by atoms with Crippen molar-refractivity contribution in [2.75, 3.05) is 50.0 Å². The first-order valence-electron chi connectivity index (χ1n) is 11.8. The van der Waals surface area contributed by atoms with E-state index in [-0.39, 0.29) is 18.1 Å². The van der Waals surface area contributed by atoms with Gasteiger partial charge in [-0.3, -0.25) is 14.5 Å². The number of carbonyl (C=O) groups excluding carboxylic acids is 2. The number of anilines is 2. The van der Waals surface area contributed by atoms with Crippen LogP contribution in [0.25, 0.3) is 11.1 Å². The lowest BCUT2D eigenvalue weighted by Crippen LogP contribution is -2.42. The Balaban J connectivity index is 1.30. The molecule has 2 N–H and O–H groups in total. The Morgan fingerprint density at radius 2 is 1.71 bits per heavy atom. The number of nitrogens with two attached hydrogens (primary N) is 1. The molecule has 5 rings (SSSR count). The highest BCUT2D eigenvalue weighted by Crippen LogP contribution is 2.31. The number of hydrogen-bond donors (Lipinski definition) is 1. The monoisotopic (exact) mass is 455 g/mol. The number of nitrogens with zero attached hydrogens (tertiary/aromatic N) is 2. The minimum atomic E-state index is -0.000993. The maximum absolute atomic E-state index is 13.1. The second-order valence-electron chi connectivity index (χ2n) is 8.90. The van der Waals surface area contributed by atoms with E-state index in [1.54, 1.807) is 0 Å². The molecule has 3 aromatic carbocycles. The Morgan fingerprint density at radius 1 is 0.912 bits per heavy atom. The number of hydrogen-bond acceptors (Lipinski definition) is 5. The van der Waals surface area contributed by atoms with Crippen LogP contribution < -0.4 is 10.6 Å². The van der Waals surface area contributed by atoms with E-state index in [4.69, 9.17) is 10.5 Å². The average molecular weight is 456 g/mol. The molecule has 6 nitrogen and oxygen atoms in total. The summed E-state index contributed by atoms with van der Waals surface area (Å²) in [5, 5.41) is 0. The molecule has 6 heteroatoms. The van der Waals surface area contributed by atoms with E-state index >= 15 is 0 Å². The van der Waals surface area contributed by atoms with Crippen LogP contribution in [-0.2, 0) is 22.4 Å². The van der Waals surface area contributed by atoms with Crippen molar-refractivity contribution >= 4 is 23.1 Å². The Hall–Kier alpha value is -3.48. The van der Waals surface area contributed by atoms with Gasteiger partial charge in [-0.05, 0) is 52.6 Å². The molecule has 0 bridgehead atoms. The van der Waals surface area contributed by atoms with Gasteiger partial charge in [0.2, 0.25) is 5.91 Å². The van der Waals surface area contributed by atoms with Crippen LogP contribution in [0.1, 0.15) is 21.5 Å². The zero-order chi connectivity index (χ0) is 23.5. The number of nitrogen functional groups attached to an aromatic ring is 1. The van der Waals surface area contributed by atoms with Crippen molar-refractivity contribution in [3.05, 3.63) is 83.4 Å². The van der Waals surface area contributed by atoms with Gasteiger partial charge < -0.3 is 15.4 Å². The molecule has 1 fully saturated rings. The summed E-state index contributed by atoms with van der Waals surface area (Å²) in [6, 6.07) is 21.5. The van der Waals surface area contributed by atoms with E-state index < -0.39 is 0 Å². The third kappa shape index (κ3) is 4.74. The van der Waals surface area contributed by atoms with E-state index in [1.165, 1.54) is 0 Å². The van der Waals surface area contributed by atoms with Crippen molar-refractivity contribution in [3.8, 4) is 11.1 Å². The SMILES string of the molecule is Nc1ccc(-c2ccccc2)cc1CC(=O)c1ccc2c(c1)CC(=O)N2CCN1CCOCC1. The quantitative estimate of drug-likeness (QED) is 0.435. The number of rotatable bonds is 7. The van der Waals surface area contributed by atoms with Crippen LogP contribution in [0.3, 0.4) is 0 Å². The highest BCUT2D eigenvalue weighted by Gasteiger charge is 2.28. The van der Waals surface area contributed by atoms with Crippen LogP contribution in [0, 0.1) is 0 Å². The summed E-state index contributed by atoms with van der Waals surface area (Å²) in [4.78, 5) is 30.0. The lowest BCUT2D eigenvalue weighted by atomic mass is 9.96. The molecule has 2 aliphatic rings. The third-order valence-electron chi connectivity index (χ3n) is 6.68. The molecule has 0 radical (unpaired) electrons. The van der Waals surface area contributed by atoms with Crippen LogP contribution >= 0.6 is 0 Å². The summed E-state index contributed by atoms with van der Waals surface area (Å²) in [6.45, 7) is 4.77. The van der Waals surface area contributed by atoms with E-state index in [0.717, 1.165) is 60.8 Å². The number of ketones is 1. The molecule has 2 aliphatic heterocycles. The molecule has 3 aromatic rings. The minimum absolute atomic E-state index is 0.000993. The first-order valence-corrected chi connectivity index (χ1v) is 11.8. The van der Waals surface area contributed by atoms with Crippen molar-refractivity contribution < 1.29 is 14.3 Å². The maximum atomic E-state index is 13.1. The van der Waals surface area contributed by atoms with E-state index in [1.807, 2.05) is 71.6 Å². The number of Topliss-reactive ketones (excluding diaryl/α,β-unsaturated/α-hetero) is 1. The van der Waals surface area contributed by atoms with Gasteiger partial charge in [0.05, 0.1) is 19.6 Å². The number of amides is 1. The average Bonchev–Trinajstić information content (AvgIpc) is 3.19. The summed E-state index contributed by atoms with van der Waals surface area (Å²) in [5.74, 6) is 0.0894. The predicted octanol–water partition coefficient (Wildman–Crippen LogP) is 3.58. The smallest absolute Gasteiger partial charge is 0.231 e. The standard InChI is InChI=1S/C28H29N3O3/c29-25-8-6-21(20-4-2-1-3-5-20)16-23(25)18-27(32)22-7-9-26-24(17-22)19-28(33)31(26)11-10-30-12-14-34-15-13-30/h1-9,16-17H,10-15,18-19,29H2. The normalized spacial score (nSPS) is 16.0. The fraction of sp³-hybridized carbons (Fsp3) is 0.286. The fourth-order valence-corrected chi connectivity index (χ4v) is 4.71. The molecule has 0 unspecified atom stereocenters. The number of ether oxygens (including phenoxy) is 1. The fourth-order valence-electron chi connectivity index (χ4n) is 4.71. The van der Waals surface area contributed by atoms with Gasteiger partial charge in [0.15, 0.2) is 5.78 Å². The second-order valence-corrected chi connectivity index (χ2v) is 8.90. The molecular formula is C28H29N3O3. The van der Waals surface area contributed by atoms with Crippen molar-refractivity contribution in [1.29, 1.82) is 0 Å². The topological polar surface area (TPSA) is 75.9 Å². The molecule has 1 saturated heterocycles. The largest absolute Gasteiger partial charge is 0.398 e. The molecule has 34 heavy (non-hydrogen) atoms. The van der Waals surface area contributed by atoms with Crippen LogP contribution in [0.15, 0.2) is 66.7 Å². The van der Waals surface area contributed by atoms with Crippen molar-refractivity contribution in [2.45, 2.75) is 12.8 Å². The van der Waals surface area contributed by atoms with Crippen molar-refractivity contribution in [3.63, 3.8) is 0 Å². The third-order valence-corrected chi connectivity index (χ3v) is 6.68. The molecule has 2 heterocycles. The lowest BCUT2D eigenvalue weighted by Gasteiger charge is -2.28. The van der Waals surface area contributed by atoms with E-state index in [0.29, 0.717) is 24.2 Å². The van der Waals surface area contributed by atoms with Gasteiger partial charge in [0.1, 0.15) is 0 Å². The van der Waals surface area contributed by atoms with Crippen LogP contribution in [-0.4, -0.2) is 56.0 Å². The van der Waals surface area contributed by atoms with Gasteiger partial charge in [-0.2, -0.15) is 0 Å². The Bertz CT molecular complexity index is 1200. The van der Waals surface area contributed by atoms with Gasteiger partial charge in [-0.25, -0.2) is 0 Å². The highest BCUT2D eigenvalue weighted by molar-refractivity contribution is 6.04. The maximum Gasteiger partial charge on any atom is 0.231 e. The van der Waals surface area contributed by atoms with Gasteiger partial charge in [0.25, 0.3) is 0 Å². The summed E-state index contributed by atoms with van der Waals surface area (Å²) in [6.07, 6.45) is 0.561. The van der Waals surface area contributed by atoms with Crippen LogP contribution in [0.4, 0.5) is 11.4 Å². The van der Waals surface area contributed by atoms with E-state index in [9.17, 15) is 9.59 Å². The van der Waals surface area contributed by atoms with Gasteiger partial charge in [0, 0.05) is 49.5 Å². The number of fused-ring (bicyclic) bond motifs is 1. The molecule has 0 saturated carbocycles. The van der Waals surface area contributed by atoms with Gasteiger partial charge >= 0.3 is 0 Å². The highest BCUT2D eigenvalue weighted by atomic mass is 16.5. The minimum Gasteiger partial charge on any atom is -0.398 e. The molecule has 0 aliphatic carbocycles. The Morgan fingerprint density at radius 3 is 2.50 bits per heavy atom. The lowest BCUT2D eigenvalue weighted by molar-refractivity contribution is -0.117. The summed E-state index contributed by atoms with van der Waals surface area (Å²) >= 11 is 0. The molecule has 1 amide bonds. The first-order chi connectivity index (χ1) is 16.6. The number of carbonyl (C=O) groups is 2. The van der Waals surface area contributed by atoms with Crippen molar-refractivity contribution in [1.82, 2.24) is 4.90 Å². The zero-order valence-corrected chi connectivity index (χ0v) is 19.2. The Labute approximate surface area is 199 Å². The van der Waals surface area contributed by atoms with Crippen LogP contribution in [0.2, 0.25) is 0 Å². The molecule has 0 aromatic heterocycles. The van der Waals surface area contributed by atoms with E-state index in [2.05, 4.69) is 4.90 Å². The summed E-state index contributed by atoms with van der Waals surface area (Å²) < 4.78 is 5.40. The van der Waals surface area contributed by atoms with Crippen LogP contribution in [0.5, 0.6) is 0 Å². The van der Waals surface area contributed by atoms with Gasteiger partial charge in [-0.1, -0.05) is 36.4 Å². The zero-order valence-electron chi connectivity index (χ0n) is 19.2. The van der Waals surface area contributed by atoms with Crippen molar-refractivity contribution in [2.24, 2.45) is 0 Å². The Kier molecular flexibility index (Phi) is 6.43. The first kappa shape index (κ1) is 22.3. The number of benzene rings is 3.